The highest BCUT2D eigenvalue weighted by atomic mass is 35.5. The first-order valence-electron chi connectivity index (χ1n) is 7.96. The van der Waals surface area contributed by atoms with E-state index in [1.165, 1.54) is 11.1 Å². The highest BCUT2D eigenvalue weighted by Gasteiger charge is 2.32. The van der Waals surface area contributed by atoms with Crippen LogP contribution in [-0.4, -0.2) is 52.7 Å². The number of oxazole rings is 1. The second-order valence-electron chi connectivity index (χ2n) is 5.76. The van der Waals surface area contributed by atoms with Crippen molar-refractivity contribution in [2.75, 3.05) is 19.8 Å². The van der Waals surface area contributed by atoms with Gasteiger partial charge in [-0.3, -0.25) is 4.79 Å². The number of rotatable bonds is 5. The molecule has 2 aromatic rings. The topological polar surface area (TPSA) is 92.9 Å². The molecule has 1 aliphatic rings. The highest BCUT2D eigenvalue weighted by Crippen LogP contribution is 2.30. The average Bonchev–Trinajstić information content (AvgIpc) is 3.08. The number of hydrogen-bond acceptors (Lipinski definition) is 5. The Balaban J connectivity index is 1.64. The van der Waals surface area contributed by atoms with Crippen molar-refractivity contribution in [3.8, 4) is 11.3 Å². The smallest absolute Gasteiger partial charge is 0.328 e. The summed E-state index contributed by atoms with van der Waals surface area (Å²) in [5, 5.41) is 10.1. The number of aryl methyl sites for hydroxylation is 1. The maximum Gasteiger partial charge on any atom is 0.328 e. The van der Waals surface area contributed by atoms with Gasteiger partial charge in [0.15, 0.2) is 17.7 Å². The Hall–Kier alpha value is -2.09. The van der Waals surface area contributed by atoms with E-state index >= 15 is 0 Å². The maximum absolute atomic E-state index is 12.4. The average molecular weight is 399 g/mol. The zero-order valence-corrected chi connectivity index (χ0v) is 15.2. The largest absolute Gasteiger partial charge is 0.480 e. The number of hydrogen-bond donors (Lipinski definition) is 1. The van der Waals surface area contributed by atoms with Crippen LogP contribution in [0.25, 0.3) is 11.3 Å². The van der Waals surface area contributed by atoms with E-state index in [4.69, 9.17) is 32.4 Å². The Bertz CT molecular complexity index is 823. The van der Waals surface area contributed by atoms with Crippen LogP contribution in [-0.2, 0) is 20.7 Å². The highest BCUT2D eigenvalue weighted by molar-refractivity contribution is 6.36. The first kappa shape index (κ1) is 18.7. The van der Waals surface area contributed by atoms with Crippen LogP contribution in [0.2, 0.25) is 10.0 Å². The number of morpholine rings is 1. The van der Waals surface area contributed by atoms with Gasteiger partial charge in [-0.1, -0.05) is 23.2 Å². The maximum atomic E-state index is 12.4. The molecule has 1 aliphatic heterocycles. The third kappa shape index (κ3) is 4.17. The molecule has 1 saturated heterocycles. The molecule has 0 radical (unpaired) electrons. The van der Waals surface area contributed by atoms with E-state index in [1.54, 1.807) is 18.2 Å². The van der Waals surface area contributed by atoms with Crippen molar-refractivity contribution in [1.29, 1.82) is 0 Å². The number of halogens is 2. The van der Waals surface area contributed by atoms with Crippen LogP contribution in [0.4, 0.5) is 0 Å². The van der Waals surface area contributed by atoms with Crippen molar-refractivity contribution in [2.45, 2.75) is 18.9 Å². The molecule has 2 heterocycles. The van der Waals surface area contributed by atoms with Gasteiger partial charge in [0.2, 0.25) is 5.91 Å². The molecule has 3 rings (SSSR count). The number of nitrogens with zero attached hydrogens (tertiary/aromatic N) is 2. The summed E-state index contributed by atoms with van der Waals surface area (Å²) in [7, 11) is 0. The van der Waals surface area contributed by atoms with Gasteiger partial charge < -0.3 is 19.2 Å². The van der Waals surface area contributed by atoms with Crippen LogP contribution in [0.15, 0.2) is 28.8 Å². The lowest BCUT2D eigenvalue weighted by Crippen LogP contribution is -2.52. The molecule has 1 atom stereocenters. The van der Waals surface area contributed by atoms with Crippen molar-refractivity contribution in [1.82, 2.24) is 9.88 Å². The third-order valence-corrected chi connectivity index (χ3v) is 4.58. The third-order valence-electron chi connectivity index (χ3n) is 4.04. The molecule has 26 heavy (non-hydrogen) atoms. The Kier molecular flexibility index (Phi) is 5.80. The van der Waals surface area contributed by atoms with Gasteiger partial charge >= 0.3 is 5.97 Å². The van der Waals surface area contributed by atoms with Gasteiger partial charge in [0, 0.05) is 30.0 Å². The van der Waals surface area contributed by atoms with Gasteiger partial charge in [-0.05, 0) is 18.2 Å². The first-order valence-corrected chi connectivity index (χ1v) is 8.71. The van der Waals surface area contributed by atoms with Crippen LogP contribution in [0.1, 0.15) is 12.3 Å². The lowest BCUT2D eigenvalue weighted by molar-refractivity contribution is -0.158. The summed E-state index contributed by atoms with van der Waals surface area (Å²) in [4.78, 5) is 29.1. The van der Waals surface area contributed by atoms with Gasteiger partial charge in [0.25, 0.3) is 0 Å². The molecule has 1 fully saturated rings. The molecule has 1 amide bonds. The van der Waals surface area contributed by atoms with Gasteiger partial charge in [0.1, 0.15) is 0 Å². The molecule has 7 nitrogen and oxygen atoms in total. The quantitative estimate of drug-likeness (QED) is 0.831. The van der Waals surface area contributed by atoms with E-state index in [2.05, 4.69) is 4.98 Å². The summed E-state index contributed by atoms with van der Waals surface area (Å²) in [5.41, 5.74) is 0.653. The van der Waals surface area contributed by atoms with Crippen molar-refractivity contribution < 1.29 is 23.8 Å². The SMILES string of the molecule is O=C(O)C1COCCN1C(=O)CCc1ncc(-c2ccc(Cl)cc2Cl)o1. The number of aromatic nitrogens is 1. The molecular weight excluding hydrogens is 383 g/mol. The lowest BCUT2D eigenvalue weighted by atomic mass is 10.2. The van der Waals surface area contributed by atoms with Crippen LogP contribution in [0, 0.1) is 0 Å². The number of carboxylic acids is 1. The fourth-order valence-electron chi connectivity index (χ4n) is 2.70. The summed E-state index contributed by atoms with van der Waals surface area (Å²) >= 11 is 12.0. The predicted octanol–water partition coefficient (Wildman–Crippen LogP) is 2.89. The molecular formula is C17H16Cl2N2O5. The molecule has 0 aliphatic carbocycles. The molecule has 0 spiro atoms. The minimum Gasteiger partial charge on any atom is -0.480 e. The number of carbonyl (C=O) groups is 2. The lowest BCUT2D eigenvalue weighted by Gasteiger charge is -2.32. The summed E-state index contributed by atoms with van der Waals surface area (Å²) in [6, 6.07) is 4.07. The van der Waals surface area contributed by atoms with Crippen molar-refractivity contribution in [3.63, 3.8) is 0 Å². The van der Waals surface area contributed by atoms with Gasteiger partial charge in [-0.2, -0.15) is 0 Å². The standard InChI is InChI=1S/C17H16Cl2N2O5/c18-10-1-2-11(12(19)7-10)14-8-20-15(26-14)3-4-16(22)21-5-6-25-9-13(21)17(23)24/h1-2,7-8,13H,3-6,9H2,(H,23,24). The summed E-state index contributed by atoms with van der Waals surface area (Å²) in [5.74, 6) is -0.498. The van der Waals surface area contributed by atoms with E-state index in [0.29, 0.717) is 33.9 Å². The van der Waals surface area contributed by atoms with E-state index in [-0.39, 0.29) is 31.9 Å². The molecule has 138 valence electrons. The zero-order valence-electron chi connectivity index (χ0n) is 13.7. The second-order valence-corrected chi connectivity index (χ2v) is 6.60. The van der Waals surface area contributed by atoms with Crippen LogP contribution in [0.3, 0.4) is 0 Å². The summed E-state index contributed by atoms with van der Waals surface area (Å²) in [6.07, 6.45) is 1.88. The number of ether oxygens (including phenoxy) is 1. The minimum absolute atomic E-state index is 0.000705. The van der Waals surface area contributed by atoms with E-state index < -0.39 is 12.0 Å². The van der Waals surface area contributed by atoms with E-state index in [9.17, 15) is 14.7 Å². The van der Waals surface area contributed by atoms with Gasteiger partial charge in [-0.25, -0.2) is 9.78 Å². The van der Waals surface area contributed by atoms with Gasteiger partial charge in [-0.15, -0.1) is 0 Å². The second kappa shape index (κ2) is 8.07. The molecule has 1 unspecified atom stereocenters. The zero-order chi connectivity index (χ0) is 18.7. The van der Waals surface area contributed by atoms with Gasteiger partial charge in [0.05, 0.1) is 24.4 Å². The number of carbonyl (C=O) groups excluding carboxylic acids is 1. The molecule has 0 saturated carbocycles. The van der Waals surface area contributed by atoms with Crippen LogP contribution < -0.4 is 0 Å². The fourth-order valence-corrected chi connectivity index (χ4v) is 3.21. The van der Waals surface area contributed by atoms with Crippen LogP contribution in [0.5, 0.6) is 0 Å². The Morgan fingerprint density at radius 1 is 1.35 bits per heavy atom. The molecule has 0 bridgehead atoms. The molecule has 9 heteroatoms. The van der Waals surface area contributed by atoms with Crippen molar-refractivity contribution in [3.05, 3.63) is 40.3 Å². The molecule has 1 N–H and O–H groups in total. The monoisotopic (exact) mass is 398 g/mol. The summed E-state index contributed by atoms with van der Waals surface area (Å²) < 4.78 is 10.8. The Morgan fingerprint density at radius 3 is 2.88 bits per heavy atom. The minimum atomic E-state index is -1.08. The van der Waals surface area contributed by atoms with Crippen LogP contribution >= 0.6 is 23.2 Å². The number of carboxylic acid groups (broad SMARTS) is 1. The molecule has 1 aromatic heterocycles. The number of benzene rings is 1. The van der Waals surface area contributed by atoms with E-state index in [0.717, 1.165) is 0 Å². The number of aliphatic carboxylic acids is 1. The predicted molar refractivity (Wildman–Crippen MR) is 94.2 cm³/mol. The number of amides is 1. The van der Waals surface area contributed by atoms with E-state index in [1.807, 2.05) is 0 Å². The first-order chi connectivity index (χ1) is 12.5. The molecule has 1 aromatic carbocycles. The Labute approximate surface area is 159 Å². The Morgan fingerprint density at radius 2 is 2.15 bits per heavy atom. The van der Waals surface area contributed by atoms with Crippen molar-refractivity contribution in [2.24, 2.45) is 0 Å². The normalized spacial score (nSPS) is 17.3. The fraction of sp³-hybridized carbons (Fsp3) is 0.353. The summed E-state index contributed by atoms with van der Waals surface area (Å²) in [6.45, 7) is 0.583. The van der Waals surface area contributed by atoms with Crippen molar-refractivity contribution >= 4 is 35.1 Å².